The molecule has 1 atom stereocenters. The molecule has 2 rings (SSSR count). The lowest BCUT2D eigenvalue weighted by Gasteiger charge is -2.15. The minimum absolute atomic E-state index is 0.00471. The predicted octanol–water partition coefficient (Wildman–Crippen LogP) is 1.52. The molecule has 2 N–H and O–H groups in total. The van der Waals surface area contributed by atoms with Gasteiger partial charge in [-0.05, 0) is 23.8 Å². The highest BCUT2D eigenvalue weighted by Gasteiger charge is 2.21. The van der Waals surface area contributed by atoms with Gasteiger partial charge in [-0.15, -0.1) is 0 Å². The molecule has 1 amide bonds. The third kappa shape index (κ3) is 4.66. The Labute approximate surface area is 140 Å². The molecule has 6 nitrogen and oxygen atoms in total. The Morgan fingerprint density at radius 2 is 1.75 bits per heavy atom. The van der Waals surface area contributed by atoms with Crippen LogP contribution < -0.4 is 5.32 Å². The fourth-order valence-electron chi connectivity index (χ4n) is 2.16. The summed E-state index contributed by atoms with van der Waals surface area (Å²) in [5.74, 6) is -1.80. The number of carbonyl (C=O) groups excluding carboxylic acids is 1. The number of carboxylic acid groups (broad SMARTS) is 1. The van der Waals surface area contributed by atoms with E-state index in [1.54, 1.807) is 24.3 Å². The SMILES string of the molecule is CS(=O)(=O)c1cccc(C(=O)NC(Cc2ccccc2)C(=O)O)c1. The largest absolute Gasteiger partial charge is 0.480 e. The highest BCUT2D eigenvalue weighted by molar-refractivity contribution is 7.90. The maximum absolute atomic E-state index is 12.3. The summed E-state index contributed by atoms with van der Waals surface area (Å²) in [5, 5.41) is 11.7. The molecule has 2 aromatic rings. The first-order chi connectivity index (χ1) is 11.3. The van der Waals surface area contributed by atoms with Gasteiger partial charge >= 0.3 is 5.97 Å². The summed E-state index contributed by atoms with van der Waals surface area (Å²) in [5.41, 5.74) is 0.868. The smallest absolute Gasteiger partial charge is 0.326 e. The number of benzene rings is 2. The fourth-order valence-corrected chi connectivity index (χ4v) is 2.83. The van der Waals surface area contributed by atoms with E-state index in [0.717, 1.165) is 11.8 Å². The van der Waals surface area contributed by atoms with E-state index in [4.69, 9.17) is 0 Å². The van der Waals surface area contributed by atoms with Gasteiger partial charge in [0.2, 0.25) is 0 Å². The van der Waals surface area contributed by atoms with Gasteiger partial charge in [-0.3, -0.25) is 4.79 Å². The van der Waals surface area contributed by atoms with Gasteiger partial charge < -0.3 is 10.4 Å². The number of rotatable bonds is 6. The van der Waals surface area contributed by atoms with Crippen molar-refractivity contribution in [3.63, 3.8) is 0 Å². The van der Waals surface area contributed by atoms with Gasteiger partial charge in [0, 0.05) is 18.2 Å². The summed E-state index contributed by atoms with van der Waals surface area (Å²) >= 11 is 0. The number of aliphatic carboxylic acids is 1. The zero-order valence-corrected chi connectivity index (χ0v) is 13.8. The Morgan fingerprint density at radius 3 is 2.33 bits per heavy atom. The predicted molar refractivity (Wildman–Crippen MR) is 88.6 cm³/mol. The second-order valence-corrected chi connectivity index (χ2v) is 7.37. The van der Waals surface area contributed by atoms with Crippen molar-refractivity contribution in [3.8, 4) is 0 Å². The molecule has 0 aliphatic heterocycles. The van der Waals surface area contributed by atoms with Crippen molar-refractivity contribution in [1.29, 1.82) is 0 Å². The molecule has 24 heavy (non-hydrogen) atoms. The summed E-state index contributed by atoms with van der Waals surface area (Å²) in [6.07, 6.45) is 1.17. The highest BCUT2D eigenvalue weighted by Crippen LogP contribution is 2.12. The monoisotopic (exact) mass is 347 g/mol. The average molecular weight is 347 g/mol. The first-order valence-corrected chi connectivity index (χ1v) is 9.04. The molecular weight excluding hydrogens is 330 g/mol. The molecule has 0 heterocycles. The van der Waals surface area contributed by atoms with E-state index in [-0.39, 0.29) is 16.9 Å². The van der Waals surface area contributed by atoms with Crippen LogP contribution >= 0.6 is 0 Å². The van der Waals surface area contributed by atoms with Crippen LogP contribution in [0.3, 0.4) is 0 Å². The summed E-state index contributed by atoms with van der Waals surface area (Å²) in [6.45, 7) is 0. The van der Waals surface area contributed by atoms with Gasteiger partial charge in [0.15, 0.2) is 9.84 Å². The molecule has 0 aromatic heterocycles. The Bertz CT molecular complexity index is 846. The van der Waals surface area contributed by atoms with Crippen LogP contribution in [0.4, 0.5) is 0 Å². The Balaban J connectivity index is 2.18. The summed E-state index contributed by atoms with van der Waals surface area (Å²) in [6, 6.07) is 13.3. The maximum atomic E-state index is 12.3. The average Bonchev–Trinajstić information content (AvgIpc) is 2.54. The van der Waals surface area contributed by atoms with E-state index in [1.165, 1.54) is 24.3 Å². The molecule has 0 saturated heterocycles. The van der Waals surface area contributed by atoms with E-state index in [2.05, 4.69) is 5.32 Å². The molecule has 0 aliphatic rings. The van der Waals surface area contributed by atoms with E-state index < -0.39 is 27.8 Å². The lowest BCUT2D eigenvalue weighted by Crippen LogP contribution is -2.42. The molecule has 0 radical (unpaired) electrons. The van der Waals surface area contributed by atoms with Crippen molar-refractivity contribution in [1.82, 2.24) is 5.32 Å². The lowest BCUT2D eigenvalue weighted by atomic mass is 10.1. The van der Waals surface area contributed by atoms with Gasteiger partial charge in [0.1, 0.15) is 6.04 Å². The number of hydrogen-bond acceptors (Lipinski definition) is 4. The normalized spacial score (nSPS) is 12.4. The van der Waals surface area contributed by atoms with Crippen LogP contribution in [0.15, 0.2) is 59.5 Å². The summed E-state index contributed by atoms with van der Waals surface area (Å²) < 4.78 is 23.1. The number of amides is 1. The first kappa shape index (κ1) is 17.7. The van der Waals surface area contributed by atoms with Gasteiger partial charge in [-0.2, -0.15) is 0 Å². The van der Waals surface area contributed by atoms with E-state index in [1.807, 2.05) is 6.07 Å². The second kappa shape index (κ2) is 7.27. The molecule has 2 aromatic carbocycles. The van der Waals surface area contributed by atoms with Crippen molar-refractivity contribution < 1.29 is 23.1 Å². The van der Waals surface area contributed by atoms with Crippen LogP contribution in [-0.4, -0.2) is 37.7 Å². The van der Waals surface area contributed by atoms with Crippen molar-refractivity contribution in [2.24, 2.45) is 0 Å². The molecular formula is C17H17NO5S. The Morgan fingerprint density at radius 1 is 1.08 bits per heavy atom. The van der Waals surface area contributed by atoms with Crippen LogP contribution in [0, 0.1) is 0 Å². The van der Waals surface area contributed by atoms with Crippen molar-refractivity contribution in [3.05, 3.63) is 65.7 Å². The summed E-state index contributed by atoms with van der Waals surface area (Å²) in [4.78, 5) is 23.7. The van der Waals surface area contributed by atoms with E-state index in [0.29, 0.717) is 0 Å². The van der Waals surface area contributed by atoms with E-state index in [9.17, 15) is 23.1 Å². The van der Waals surface area contributed by atoms with Crippen LogP contribution in [0.25, 0.3) is 0 Å². The Hall–Kier alpha value is -2.67. The number of carbonyl (C=O) groups is 2. The maximum Gasteiger partial charge on any atom is 0.326 e. The quantitative estimate of drug-likeness (QED) is 0.825. The van der Waals surface area contributed by atoms with Crippen LogP contribution in [0.2, 0.25) is 0 Å². The van der Waals surface area contributed by atoms with Crippen LogP contribution in [0.5, 0.6) is 0 Å². The molecule has 126 valence electrons. The number of nitrogens with one attached hydrogen (secondary N) is 1. The molecule has 0 aliphatic carbocycles. The van der Waals surface area contributed by atoms with Gasteiger partial charge in [-0.25, -0.2) is 13.2 Å². The van der Waals surface area contributed by atoms with Crippen molar-refractivity contribution in [2.75, 3.05) is 6.26 Å². The topological polar surface area (TPSA) is 101 Å². The van der Waals surface area contributed by atoms with Crippen LogP contribution in [0.1, 0.15) is 15.9 Å². The third-order valence-corrected chi connectivity index (χ3v) is 4.52. The zero-order chi connectivity index (χ0) is 17.7. The van der Waals surface area contributed by atoms with Gasteiger partial charge in [0.25, 0.3) is 5.91 Å². The Kier molecular flexibility index (Phi) is 5.35. The lowest BCUT2D eigenvalue weighted by molar-refractivity contribution is -0.139. The minimum Gasteiger partial charge on any atom is -0.480 e. The summed E-state index contributed by atoms with van der Waals surface area (Å²) in [7, 11) is -3.45. The van der Waals surface area contributed by atoms with Crippen molar-refractivity contribution in [2.45, 2.75) is 17.4 Å². The number of sulfone groups is 1. The van der Waals surface area contributed by atoms with Gasteiger partial charge in [-0.1, -0.05) is 36.4 Å². The van der Waals surface area contributed by atoms with E-state index >= 15 is 0 Å². The fraction of sp³-hybridized carbons (Fsp3) is 0.176. The first-order valence-electron chi connectivity index (χ1n) is 7.15. The second-order valence-electron chi connectivity index (χ2n) is 5.35. The minimum atomic E-state index is -3.45. The molecule has 0 spiro atoms. The molecule has 7 heteroatoms. The number of carboxylic acids is 1. The molecule has 0 saturated carbocycles. The standard InChI is InChI=1S/C17H17NO5S/c1-24(22,23)14-9-5-8-13(11-14)16(19)18-15(17(20)21)10-12-6-3-2-4-7-12/h2-9,11,15H,10H2,1H3,(H,18,19)(H,20,21). The molecule has 1 unspecified atom stereocenters. The third-order valence-electron chi connectivity index (χ3n) is 3.41. The van der Waals surface area contributed by atoms with Gasteiger partial charge in [0.05, 0.1) is 4.90 Å². The number of hydrogen-bond donors (Lipinski definition) is 2. The highest BCUT2D eigenvalue weighted by atomic mass is 32.2. The zero-order valence-electron chi connectivity index (χ0n) is 13.0. The molecule has 0 bridgehead atoms. The van der Waals surface area contributed by atoms with Crippen LogP contribution in [-0.2, 0) is 21.1 Å². The molecule has 0 fully saturated rings. The van der Waals surface area contributed by atoms with Crippen molar-refractivity contribution >= 4 is 21.7 Å².